The molecule has 0 N–H and O–H groups in total. The van der Waals surface area contributed by atoms with Gasteiger partial charge < -0.3 is 0 Å². The van der Waals surface area contributed by atoms with E-state index in [0.29, 0.717) is 5.95 Å². The molecule has 0 bridgehead atoms. The predicted molar refractivity (Wildman–Crippen MR) is 45.9 cm³/mol. The van der Waals surface area contributed by atoms with Crippen LogP contribution in [0.2, 0.25) is 0 Å². The molecule has 4 nitrogen and oxygen atoms in total. The van der Waals surface area contributed by atoms with Crippen molar-refractivity contribution in [1.29, 1.82) is 0 Å². The Hall–Kier alpha value is -1.45. The van der Waals surface area contributed by atoms with Gasteiger partial charge >= 0.3 is 0 Å². The summed E-state index contributed by atoms with van der Waals surface area (Å²) < 4.78 is 0. The van der Waals surface area contributed by atoms with Crippen LogP contribution < -0.4 is 4.90 Å². The molecule has 0 saturated carbocycles. The van der Waals surface area contributed by atoms with E-state index in [1.165, 1.54) is 11.8 Å². The van der Waals surface area contributed by atoms with Gasteiger partial charge in [0.25, 0.3) is 0 Å². The highest BCUT2D eigenvalue weighted by Gasteiger charge is 2.06. The maximum absolute atomic E-state index is 10.9. The molecule has 1 heterocycles. The highest BCUT2D eigenvalue weighted by Crippen LogP contribution is 2.03. The lowest BCUT2D eigenvalue weighted by molar-refractivity contribution is -0.116. The second-order valence-corrected chi connectivity index (χ2v) is 2.64. The highest BCUT2D eigenvalue weighted by atomic mass is 16.2. The average Bonchev–Trinajstić information content (AvgIpc) is 2.04. The number of carbonyl (C=O) groups excluding carboxylic acids is 1. The second-order valence-electron chi connectivity index (χ2n) is 2.64. The average molecular weight is 165 g/mol. The van der Waals surface area contributed by atoms with Gasteiger partial charge in [-0.1, -0.05) is 0 Å². The monoisotopic (exact) mass is 165 g/mol. The molecule has 0 radical (unpaired) electrons. The molecule has 1 amide bonds. The van der Waals surface area contributed by atoms with Crippen LogP contribution in [0.5, 0.6) is 0 Å². The van der Waals surface area contributed by atoms with Crippen molar-refractivity contribution in [3.8, 4) is 0 Å². The molecule has 0 aliphatic carbocycles. The maximum Gasteiger partial charge on any atom is 0.231 e. The molecule has 4 heteroatoms. The number of anilines is 1. The van der Waals surface area contributed by atoms with Crippen LogP contribution >= 0.6 is 0 Å². The van der Waals surface area contributed by atoms with Gasteiger partial charge in [-0.3, -0.25) is 9.69 Å². The van der Waals surface area contributed by atoms with Crippen LogP contribution in [-0.4, -0.2) is 22.9 Å². The molecule has 1 aromatic rings. The molecule has 0 fully saturated rings. The highest BCUT2D eigenvalue weighted by molar-refractivity contribution is 5.88. The third-order valence-electron chi connectivity index (χ3n) is 1.54. The fourth-order valence-corrected chi connectivity index (χ4v) is 0.700. The predicted octanol–water partition coefficient (Wildman–Crippen LogP) is 0.768. The van der Waals surface area contributed by atoms with Crippen LogP contribution in [0.4, 0.5) is 5.95 Å². The fraction of sp³-hybridized carbons (Fsp3) is 0.375. The van der Waals surface area contributed by atoms with Crippen molar-refractivity contribution >= 4 is 11.9 Å². The van der Waals surface area contributed by atoms with Gasteiger partial charge in [0.15, 0.2) is 0 Å². The van der Waals surface area contributed by atoms with Gasteiger partial charge in [0.2, 0.25) is 11.9 Å². The molecular formula is C8H11N3O. The Balaban J connectivity index is 2.89. The quantitative estimate of drug-likeness (QED) is 0.617. The van der Waals surface area contributed by atoms with Gasteiger partial charge in [-0.05, 0) is 12.5 Å². The molecule has 1 rings (SSSR count). The number of rotatable bonds is 1. The van der Waals surface area contributed by atoms with Crippen molar-refractivity contribution in [2.45, 2.75) is 13.8 Å². The summed E-state index contributed by atoms with van der Waals surface area (Å²) in [5.74, 6) is 0.368. The first-order valence-corrected chi connectivity index (χ1v) is 3.64. The number of hydrogen-bond acceptors (Lipinski definition) is 3. The smallest absolute Gasteiger partial charge is 0.231 e. The summed E-state index contributed by atoms with van der Waals surface area (Å²) in [4.78, 5) is 20.3. The van der Waals surface area contributed by atoms with E-state index in [1.807, 2.05) is 6.92 Å². The van der Waals surface area contributed by atoms with E-state index >= 15 is 0 Å². The summed E-state index contributed by atoms with van der Waals surface area (Å²) >= 11 is 0. The summed E-state index contributed by atoms with van der Waals surface area (Å²) in [7, 11) is 1.65. The summed E-state index contributed by atoms with van der Waals surface area (Å²) in [6, 6.07) is 0. The summed E-state index contributed by atoms with van der Waals surface area (Å²) in [6.07, 6.45) is 3.36. The van der Waals surface area contributed by atoms with Crippen LogP contribution in [0.3, 0.4) is 0 Å². The number of aromatic nitrogens is 2. The minimum absolute atomic E-state index is 0.0705. The van der Waals surface area contributed by atoms with Crippen molar-refractivity contribution < 1.29 is 4.79 Å². The fourth-order valence-electron chi connectivity index (χ4n) is 0.700. The third-order valence-corrected chi connectivity index (χ3v) is 1.54. The maximum atomic E-state index is 10.9. The van der Waals surface area contributed by atoms with Crippen LogP contribution in [0.15, 0.2) is 12.4 Å². The van der Waals surface area contributed by atoms with Crippen LogP contribution in [-0.2, 0) is 4.79 Å². The lowest BCUT2D eigenvalue weighted by atomic mass is 10.4. The SMILES string of the molecule is CC(=O)N(C)c1ncc(C)cn1. The molecular weight excluding hydrogens is 154 g/mol. The molecule has 0 atom stereocenters. The normalized spacial score (nSPS) is 9.58. The minimum atomic E-state index is -0.0705. The molecule has 64 valence electrons. The zero-order valence-electron chi connectivity index (χ0n) is 7.40. The van der Waals surface area contributed by atoms with E-state index < -0.39 is 0 Å². The lowest BCUT2D eigenvalue weighted by Gasteiger charge is -2.11. The summed E-state index contributed by atoms with van der Waals surface area (Å²) in [5, 5.41) is 0. The number of amides is 1. The van der Waals surface area contributed by atoms with E-state index in [9.17, 15) is 4.79 Å². The molecule has 1 aromatic heterocycles. The third kappa shape index (κ3) is 1.78. The Kier molecular flexibility index (Phi) is 2.38. The minimum Gasteiger partial charge on any atom is -0.284 e. The lowest BCUT2D eigenvalue weighted by Crippen LogP contribution is -2.24. The van der Waals surface area contributed by atoms with Gasteiger partial charge in [0, 0.05) is 26.4 Å². The molecule has 0 aliphatic heterocycles. The second kappa shape index (κ2) is 3.30. The van der Waals surface area contributed by atoms with Gasteiger partial charge in [0.05, 0.1) is 0 Å². The van der Waals surface area contributed by atoms with Crippen molar-refractivity contribution in [3.63, 3.8) is 0 Å². The Labute approximate surface area is 71.3 Å². The number of nitrogens with zero attached hydrogens (tertiary/aromatic N) is 3. The standard InChI is InChI=1S/C8H11N3O/c1-6-4-9-8(10-5-6)11(3)7(2)12/h4-5H,1-3H3. The first kappa shape index (κ1) is 8.64. The van der Waals surface area contributed by atoms with Gasteiger partial charge in [0.1, 0.15) is 0 Å². The molecule has 0 saturated heterocycles. The Morgan fingerprint density at radius 2 is 1.92 bits per heavy atom. The van der Waals surface area contributed by atoms with E-state index in [-0.39, 0.29) is 5.91 Å². The zero-order valence-corrected chi connectivity index (χ0v) is 7.40. The first-order valence-electron chi connectivity index (χ1n) is 3.64. The van der Waals surface area contributed by atoms with Crippen LogP contribution in [0.25, 0.3) is 0 Å². The van der Waals surface area contributed by atoms with Gasteiger partial charge in [-0.15, -0.1) is 0 Å². The number of aryl methyl sites for hydroxylation is 1. The Morgan fingerprint density at radius 3 is 2.33 bits per heavy atom. The van der Waals surface area contributed by atoms with E-state index in [1.54, 1.807) is 19.4 Å². The molecule has 12 heavy (non-hydrogen) atoms. The summed E-state index contributed by atoms with van der Waals surface area (Å²) in [6.45, 7) is 3.38. The van der Waals surface area contributed by atoms with Crippen molar-refractivity contribution in [2.75, 3.05) is 11.9 Å². The molecule has 0 unspecified atom stereocenters. The zero-order chi connectivity index (χ0) is 9.14. The molecule has 0 aromatic carbocycles. The largest absolute Gasteiger partial charge is 0.284 e. The first-order chi connectivity index (χ1) is 5.61. The van der Waals surface area contributed by atoms with E-state index in [0.717, 1.165) is 5.56 Å². The van der Waals surface area contributed by atoms with Gasteiger partial charge in [-0.2, -0.15) is 0 Å². The van der Waals surface area contributed by atoms with Crippen LogP contribution in [0, 0.1) is 6.92 Å². The van der Waals surface area contributed by atoms with E-state index in [4.69, 9.17) is 0 Å². The van der Waals surface area contributed by atoms with Crippen molar-refractivity contribution in [2.24, 2.45) is 0 Å². The van der Waals surface area contributed by atoms with Crippen LogP contribution in [0.1, 0.15) is 12.5 Å². The number of carbonyl (C=O) groups is 1. The van der Waals surface area contributed by atoms with Crippen molar-refractivity contribution in [1.82, 2.24) is 9.97 Å². The van der Waals surface area contributed by atoms with Crippen molar-refractivity contribution in [3.05, 3.63) is 18.0 Å². The Bertz CT molecular complexity index is 281. The van der Waals surface area contributed by atoms with Gasteiger partial charge in [-0.25, -0.2) is 9.97 Å². The molecule has 0 aliphatic rings. The van der Waals surface area contributed by atoms with E-state index in [2.05, 4.69) is 9.97 Å². The summed E-state index contributed by atoms with van der Waals surface area (Å²) in [5.41, 5.74) is 0.982. The number of hydrogen-bond donors (Lipinski definition) is 0. The molecule has 0 spiro atoms. The topological polar surface area (TPSA) is 46.1 Å². The Morgan fingerprint density at radius 1 is 1.42 bits per heavy atom.